The predicted octanol–water partition coefficient (Wildman–Crippen LogP) is 3.14. The van der Waals surface area contributed by atoms with Crippen molar-refractivity contribution < 1.29 is 9.13 Å². The van der Waals surface area contributed by atoms with Gasteiger partial charge in [0.1, 0.15) is 5.82 Å². The van der Waals surface area contributed by atoms with Crippen LogP contribution in [0.25, 0.3) is 0 Å². The molecule has 4 heteroatoms. The number of hydrogen-bond donors (Lipinski definition) is 1. The highest BCUT2D eigenvalue weighted by molar-refractivity contribution is 6.31. The van der Waals surface area contributed by atoms with Gasteiger partial charge >= 0.3 is 0 Å². The molecule has 1 unspecified atom stereocenters. The zero-order valence-corrected chi connectivity index (χ0v) is 10.7. The van der Waals surface area contributed by atoms with Gasteiger partial charge in [-0.15, -0.1) is 0 Å². The summed E-state index contributed by atoms with van der Waals surface area (Å²) in [6.45, 7) is 4.02. The van der Waals surface area contributed by atoms with E-state index in [4.69, 9.17) is 16.3 Å². The third-order valence-electron chi connectivity index (χ3n) is 3.19. The average molecular weight is 258 g/mol. The van der Waals surface area contributed by atoms with Crippen LogP contribution in [-0.4, -0.2) is 18.8 Å². The molecule has 0 saturated carbocycles. The highest BCUT2D eigenvalue weighted by Gasteiger charge is 2.27. The van der Waals surface area contributed by atoms with Crippen LogP contribution in [0.5, 0.6) is 0 Å². The monoisotopic (exact) mass is 257 g/mol. The van der Waals surface area contributed by atoms with E-state index in [1.54, 1.807) is 12.1 Å². The molecule has 0 aliphatic carbocycles. The van der Waals surface area contributed by atoms with Crippen LogP contribution >= 0.6 is 11.6 Å². The van der Waals surface area contributed by atoms with Gasteiger partial charge in [-0.1, -0.05) is 17.7 Å². The lowest BCUT2D eigenvalue weighted by atomic mass is 9.94. The van der Waals surface area contributed by atoms with Gasteiger partial charge in [0.25, 0.3) is 0 Å². The largest absolute Gasteiger partial charge is 0.380 e. The second-order valence-electron chi connectivity index (χ2n) is 4.77. The molecule has 0 aromatic heterocycles. The summed E-state index contributed by atoms with van der Waals surface area (Å²) in [5, 5.41) is 3.82. The Morgan fingerprint density at radius 2 is 2.35 bits per heavy atom. The molecule has 0 amide bonds. The molecular weight excluding hydrogens is 241 g/mol. The molecule has 2 rings (SSSR count). The fourth-order valence-corrected chi connectivity index (χ4v) is 2.31. The fraction of sp³-hybridized carbons (Fsp3) is 0.538. The molecule has 94 valence electrons. The van der Waals surface area contributed by atoms with Crippen molar-refractivity contribution in [2.75, 3.05) is 13.2 Å². The maximum atomic E-state index is 13.6. The van der Waals surface area contributed by atoms with Crippen LogP contribution in [0.15, 0.2) is 18.2 Å². The average Bonchev–Trinajstić information content (AvgIpc) is 2.29. The molecule has 1 aromatic rings. The van der Waals surface area contributed by atoms with Gasteiger partial charge in [0.15, 0.2) is 0 Å². The van der Waals surface area contributed by atoms with Crippen molar-refractivity contribution in [2.24, 2.45) is 0 Å². The first-order chi connectivity index (χ1) is 8.11. The summed E-state index contributed by atoms with van der Waals surface area (Å²) in [5.41, 5.74) is 0.449. The van der Waals surface area contributed by atoms with Gasteiger partial charge in [0, 0.05) is 29.3 Å². The Balaban J connectivity index is 2.02. The molecule has 2 nitrogen and oxygen atoms in total. The fourth-order valence-electron chi connectivity index (χ4n) is 2.08. The van der Waals surface area contributed by atoms with E-state index in [-0.39, 0.29) is 11.4 Å². The van der Waals surface area contributed by atoms with Gasteiger partial charge in [-0.05, 0) is 31.9 Å². The molecule has 1 atom stereocenters. The molecule has 1 saturated heterocycles. The zero-order chi connectivity index (χ0) is 12.3. The van der Waals surface area contributed by atoms with E-state index in [2.05, 4.69) is 12.2 Å². The normalized spacial score (nSPS) is 24.9. The molecule has 1 aliphatic rings. The van der Waals surface area contributed by atoms with Gasteiger partial charge in [0.05, 0.1) is 6.61 Å². The molecule has 0 radical (unpaired) electrons. The minimum absolute atomic E-state index is 0.0795. The molecule has 1 N–H and O–H groups in total. The Labute approximate surface area is 106 Å². The summed E-state index contributed by atoms with van der Waals surface area (Å²) in [6, 6.07) is 4.76. The maximum absolute atomic E-state index is 13.6. The lowest BCUT2D eigenvalue weighted by Gasteiger charge is -2.34. The minimum atomic E-state index is -0.259. The van der Waals surface area contributed by atoms with Crippen molar-refractivity contribution >= 4 is 11.6 Å². The molecule has 0 bridgehead atoms. The summed E-state index contributed by atoms with van der Waals surface area (Å²) in [6.07, 6.45) is 2.08. The Kier molecular flexibility index (Phi) is 4.02. The molecule has 0 spiro atoms. The van der Waals surface area contributed by atoms with Crippen LogP contribution in [-0.2, 0) is 11.3 Å². The molecule has 17 heavy (non-hydrogen) atoms. The summed E-state index contributed by atoms with van der Waals surface area (Å²) >= 11 is 5.98. The van der Waals surface area contributed by atoms with Gasteiger partial charge < -0.3 is 10.1 Å². The van der Waals surface area contributed by atoms with Gasteiger partial charge in [-0.25, -0.2) is 4.39 Å². The molecular formula is C13H17ClFNO. The number of benzene rings is 1. The lowest BCUT2D eigenvalue weighted by Crippen LogP contribution is -2.48. The van der Waals surface area contributed by atoms with E-state index in [0.29, 0.717) is 23.7 Å². The second-order valence-corrected chi connectivity index (χ2v) is 5.18. The van der Waals surface area contributed by atoms with Crippen LogP contribution < -0.4 is 5.32 Å². The lowest BCUT2D eigenvalue weighted by molar-refractivity contribution is 0.0276. The number of nitrogens with one attached hydrogen (secondary N) is 1. The summed E-state index contributed by atoms with van der Waals surface area (Å²) < 4.78 is 19.0. The van der Waals surface area contributed by atoms with Crippen molar-refractivity contribution in [3.8, 4) is 0 Å². The molecule has 1 fully saturated rings. The molecule has 1 heterocycles. The van der Waals surface area contributed by atoms with Gasteiger partial charge in [-0.2, -0.15) is 0 Å². The maximum Gasteiger partial charge on any atom is 0.129 e. The SMILES string of the molecule is CC1(NCc2c(F)cccc2Cl)CCCOC1. The van der Waals surface area contributed by atoms with Crippen LogP contribution in [0.2, 0.25) is 5.02 Å². The van der Waals surface area contributed by atoms with Gasteiger partial charge in [-0.3, -0.25) is 0 Å². The molecule has 1 aromatic carbocycles. The van der Waals surface area contributed by atoms with Crippen LogP contribution in [0.3, 0.4) is 0 Å². The number of hydrogen-bond acceptors (Lipinski definition) is 2. The summed E-state index contributed by atoms with van der Waals surface area (Å²) in [5.74, 6) is -0.259. The van der Waals surface area contributed by atoms with Crippen molar-refractivity contribution in [1.29, 1.82) is 0 Å². The van der Waals surface area contributed by atoms with Crippen LogP contribution in [0, 0.1) is 5.82 Å². The van der Waals surface area contributed by atoms with Crippen molar-refractivity contribution in [2.45, 2.75) is 31.8 Å². The van der Waals surface area contributed by atoms with E-state index >= 15 is 0 Å². The van der Waals surface area contributed by atoms with E-state index in [9.17, 15) is 4.39 Å². The highest BCUT2D eigenvalue weighted by Crippen LogP contribution is 2.22. The highest BCUT2D eigenvalue weighted by atomic mass is 35.5. The third-order valence-corrected chi connectivity index (χ3v) is 3.55. The van der Waals surface area contributed by atoms with Crippen molar-refractivity contribution in [3.05, 3.63) is 34.6 Å². The summed E-state index contributed by atoms with van der Waals surface area (Å²) in [4.78, 5) is 0. The predicted molar refractivity (Wildman–Crippen MR) is 66.7 cm³/mol. The zero-order valence-electron chi connectivity index (χ0n) is 9.93. The first-order valence-electron chi connectivity index (χ1n) is 5.86. The standard InChI is InChI=1S/C13H17ClFNO/c1-13(6-3-7-17-9-13)16-8-10-11(14)4-2-5-12(10)15/h2,4-5,16H,3,6-9H2,1H3. The van der Waals surface area contributed by atoms with E-state index < -0.39 is 0 Å². The summed E-state index contributed by atoms with van der Waals surface area (Å²) in [7, 11) is 0. The van der Waals surface area contributed by atoms with Crippen LogP contribution in [0.1, 0.15) is 25.3 Å². The molecule has 1 aliphatic heterocycles. The number of halogens is 2. The Morgan fingerprint density at radius 1 is 1.53 bits per heavy atom. The van der Waals surface area contributed by atoms with E-state index in [0.717, 1.165) is 19.4 Å². The van der Waals surface area contributed by atoms with Crippen molar-refractivity contribution in [1.82, 2.24) is 5.32 Å². The first-order valence-corrected chi connectivity index (χ1v) is 6.24. The van der Waals surface area contributed by atoms with E-state index in [1.807, 2.05) is 0 Å². The number of rotatable bonds is 3. The Bertz CT molecular complexity index is 371. The Hall–Kier alpha value is -0.640. The van der Waals surface area contributed by atoms with Gasteiger partial charge in [0.2, 0.25) is 0 Å². The second kappa shape index (κ2) is 5.34. The number of ether oxygens (including phenoxy) is 1. The Morgan fingerprint density at radius 3 is 3.00 bits per heavy atom. The van der Waals surface area contributed by atoms with Crippen LogP contribution in [0.4, 0.5) is 4.39 Å². The smallest absolute Gasteiger partial charge is 0.129 e. The topological polar surface area (TPSA) is 21.3 Å². The quantitative estimate of drug-likeness (QED) is 0.898. The minimum Gasteiger partial charge on any atom is -0.380 e. The van der Waals surface area contributed by atoms with E-state index in [1.165, 1.54) is 6.07 Å². The third kappa shape index (κ3) is 3.18. The first kappa shape index (κ1) is 12.8. The van der Waals surface area contributed by atoms with Crippen molar-refractivity contribution in [3.63, 3.8) is 0 Å².